The quantitative estimate of drug-likeness (QED) is 0.632. The second-order valence-electron chi connectivity index (χ2n) is 7.90. The second kappa shape index (κ2) is 4.19. The molecule has 20 heavy (non-hydrogen) atoms. The first-order valence-electron chi connectivity index (χ1n) is 7.70. The summed E-state index contributed by atoms with van der Waals surface area (Å²) in [6, 6.07) is 2.06. The molecule has 0 N–H and O–H groups in total. The number of carbonyl (C=O) groups excluding carboxylic acids is 1. The lowest BCUT2D eigenvalue weighted by Gasteiger charge is -2.60. The molecule has 2 unspecified atom stereocenters. The lowest BCUT2D eigenvalue weighted by molar-refractivity contribution is -0.0819. The van der Waals surface area contributed by atoms with Crippen molar-refractivity contribution in [2.24, 2.45) is 22.7 Å². The Morgan fingerprint density at radius 1 is 1.30 bits per heavy atom. The second-order valence-corrected chi connectivity index (χ2v) is 10.0. The normalized spacial score (nSPS) is 42.1. The van der Waals surface area contributed by atoms with Crippen LogP contribution in [0.3, 0.4) is 0 Å². The number of hydrogen-bond donors (Lipinski definition) is 0. The number of aryl methyl sites for hydroxylation is 1. The third-order valence-electron chi connectivity index (χ3n) is 5.92. The maximum absolute atomic E-state index is 13.2. The number of Topliss-reactive ketones (excluding diaryl/α,β-unsaturated/α-hetero) is 1. The van der Waals surface area contributed by atoms with Gasteiger partial charge in [-0.15, -0.1) is 11.3 Å². The molecule has 4 bridgehead atoms. The van der Waals surface area contributed by atoms with Crippen molar-refractivity contribution in [3.05, 3.63) is 20.3 Å². The lowest BCUT2D eigenvalue weighted by atomic mass is 9.44. The topological polar surface area (TPSA) is 17.1 Å². The van der Waals surface area contributed by atoms with Crippen molar-refractivity contribution < 1.29 is 4.79 Å². The van der Waals surface area contributed by atoms with E-state index in [1.54, 1.807) is 11.3 Å². The Bertz CT molecular complexity index is 554. The van der Waals surface area contributed by atoms with E-state index < -0.39 is 0 Å². The number of hydrogen-bond acceptors (Lipinski definition) is 2. The molecule has 1 nitrogen and oxygen atoms in total. The molecular formula is C17H21BrOS. The molecule has 0 amide bonds. The van der Waals surface area contributed by atoms with Crippen molar-refractivity contribution in [3.8, 4) is 0 Å². The van der Waals surface area contributed by atoms with E-state index in [2.05, 4.69) is 35.8 Å². The highest BCUT2D eigenvalue weighted by atomic mass is 79.9. The third-order valence-corrected chi connectivity index (χ3v) is 8.05. The zero-order chi connectivity index (χ0) is 14.1. The highest BCUT2D eigenvalue weighted by molar-refractivity contribution is 9.10. The summed E-state index contributed by atoms with van der Waals surface area (Å²) in [7, 11) is 0. The van der Waals surface area contributed by atoms with Gasteiger partial charge in [-0.1, -0.05) is 6.92 Å². The molecule has 0 aliphatic heterocycles. The summed E-state index contributed by atoms with van der Waals surface area (Å²) >= 11 is 5.24. The van der Waals surface area contributed by atoms with Gasteiger partial charge in [-0.25, -0.2) is 0 Å². The van der Waals surface area contributed by atoms with Crippen LogP contribution in [0.4, 0.5) is 0 Å². The molecule has 1 aromatic rings. The fourth-order valence-corrected chi connectivity index (χ4v) is 7.41. The van der Waals surface area contributed by atoms with E-state index >= 15 is 0 Å². The number of thiophene rings is 1. The summed E-state index contributed by atoms with van der Waals surface area (Å²) < 4.78 is 1.10. The molecule has 108 valence electrons. The van der Waals surface area contributed by atoms with Gasteiger partial charge in [0.2, 0.25) is 0 Å². The molecule has 0 spiro atoms. The first-order valence-corrected chi connectivity index (χ1v) is 9.31. The summed E-state index contributed by atoms with van der Waals surface area (Å²) in [6.45, 7) is 4.52. The summed E-state index contributed by atoms with van der Waals surface area (Å²) in [6.07, 6.45) is 7.58. The predicted molar refractivity (Wildman–Crippen MR) is 86.3 cm³/mol. The van der Waals surface area contributed by atoms with Crippen LogP contribution in [-0.2, 0) is 0 Å². The molecule has 1 heterocycles. The maximum atomic E-state index is 13.2. The summed E-state index contributed by atoms with van der Waals surface area (Å²) in [4.78, 5) is 15.4. The highest BCUT2D eigenvalue weighted by Crippen LogP contribution is 2.66. The van der Waals surface area contributed by atoms with Gasteiger partial charge in [-0.3, -0.25) is 4.79 Å². The molecule has 0 radical (unpaired) electrons. The van der Waals surface area contributed by atoms with Gasteiger partial charge in [0, 0.05) is 14.8 Å². The minimum absolute atomic E-state index is 0.0183. The van der Waals surface area contributed by atoms with Crippen molar-refractivity contribution in [1.82, 2.24) is 0 Å². The Morgan fingerprint density at radius 3 is 2.45 bits per heavy atom. The van der Waals surface area contributed by atoms with E-state index in [4.69, 9.17) is 0 Å². The van der Waals surface area contributed by atoms with Crippen LogP contribution in [0.25, 0.3) is 0 Å². The first-order chi connectivity index (χ1) is 9.39. The van der Waals surface area contributed by atoms with Gasteiger partial charge in [0.25, 0.3) is 0 Å². The van der Waals surface area contributed by atoms with Crippen molar-refractivity contribution in [2.45, 2.75) is 52.4 Å². The van der Waals surface area contributed by atoms with Crippen molar-refractivity contribution in [3.63, 3.8) is 0 Å². The van der Waals surface area contributed by atoms with Crippen LogP contribution in [0, 0.1) is 29.6 Å². The third kappa shape index (κ3) is 1.89. The predicted octanol–water partition coefficient (Wildman–Crippen LogP) is 5.61. The fraction of sp³-hybridized carbons (Fsp3) is 0.706. The Kier molecular flexibility index (Phi) is 2.83. The summed E-state index contributed by atoms with van der Waals surface area (Å²) in [5, 5.41) is 0. The van der Waals surface area contributed by atoms with E-state index in [-0.39, 0.29) is 5.41 Å². The average molecular weight is 353 g/mol. The van der Waals surface area contributed by atoms with Crippen LogP contribution in [0.1, 0.15) is 60.0 Å². The Labute approximate surface area is 133 Å². The van der Waals surface area contributed by atoms with Gasteiger partial charge in [-0.2, -0.15) is 0 Å². The number of carbonyl (C=O) groups is 1. The molecular weight excluding hydrogens is 332 g/mol. The summed E-state index contributed by atoms with van der Waals surface area (Å²) in [5.74, 6) is 2.08. The van der Waals surface area contributed by atoms with E-state index in [1.165, 1.54) is 24.1 Å². The lowest BCUT2D eigenvalue weighted by Crippen LogP contribution is -2.53. The van der Waals surface area contributed by atoms with E-state index in [9.17, 15) is 4.79 Å². The number of halogens is 1. The van der Waals surface area contributed by atoms with Crippen molar-refractivity contribution in [1.29, 1.82) is 0 Å². The smallest absolute Gasteiger partial charge is 0.178 e. The summed E-state index contributed by atoms with van der Waals surface area (Å²) in [5.41, 5.74) is 0.429. The van der Waals surface area contributed by atoms with Gasteiger partial charge in [0.05, 0.1) is 4.88 Å². The molecule has 4 aliphatic rings. The molecule has 4 saturated carbocycles. The molecule has 1 aromatic heterocycles. The molecule has 4 fully saturated rings. The van der Waals surface area contributed by atoms with Crippen LogP contribution in [-0.4, -0.2) is 5.78 Å². The van der Waals surface area contributed by atoms with Gasteiger partial charge in [0.1, 0.15) is 0 Å². The molecule has 4 aliphatic carbocycles. The van der Waals surface area contributed by atoms with Crippen LogP contribution in [0.5, 0.6) is 0 Å². The van der Waals surface area contributed by atoms with Crippen LogP contribution >= 0.6 is 27.3 Å². The molecule has 3 heteroatoms. The first kappa shape index (κ1) is 13.5. The molecule has 5 rings (SSSR count). The van der Waals surface area contributed by atoms with Crippen molar-refractivity contribution in [2.75, 3.05) is 0 Å². The fourth-order valence-electron chi connectivity index (χ4n) is 5.82. The van der Waals surface area contributed by atoms with Gasteiger partial charge < -0.3 is 0 Å². The van der Waals surface area contributed by atoms with Gasteiger partial charge >= 0.3 is 0 Å². The van der Waals surface area contributed by atoms with E-state index in [0.717, 1.165) is 40.4 Å². The molecule has 2 atom stereocenters. The van der Waals surface area contributed by atoms with Gasteiger partial charge in [0.15, 0.2) is 5.78 Å². The van der Waals surface area contributed by atoms with Crippen LogP contribution in [0.2, 0.25) is 0 Å². The number of rotatable bonds is 2. The highest BCUT2D eigenvalue weighted by Gasteiger charge is 2.58. The molecule has 0 saturated heterocycles. The largest absolute Gasteiger partial charge is 0.293 e. The number of ketones is 1. The molecule has 0 aromatic carbocycles. The SMILES string of the molecule is Cc1sc(C(=O)C23CC4CC(CC(C)(C4)C2)C3)cc1Br. The van der Waals surface area contributed by atoms with Crippen LogP contribution in [0.15, 0.2) is 10.5 Å². The average Bonchev–Trinajstić information content (AvgIpc) is 2.65. The minimum atomic E-state index is -0.0183. The Hall–Kier alpha value is -0.150. The Morgan fingerprint density at radius 2 is 1.95 bits per heavy atom. The Balaban J connectivity index is 1.72. The zero-order valence-corrected chi connectivity index (χ0v) is 14.6. The maximum Gasteiger partial charge on any atom is 0.178 e. The standard InChI is InChI=1S/C17H21BrOS/c1-10-13(18)4-14(20-10)15(19)17-7-11-3-12(8-17)6-16(2,5-11)9-17/h4,11-12H,3,5-9H2,1-2H3. The zero-order valence-electron chi connectivity index (χ0n) is 12.2. The van der Waals surface area contributed by atoms with Crippen molar-refractivity contribution >= 4 is 33.0 Å². The minimum Gasteiger partial charge on any atom is -0.293 e. The van der Waals surface area contributed by atoms with Crippen LogP contribution < -0.4 is 0 Å². The van der Waals surface area contributed by atoms with E-state index in [0.29, 0.717) is 11.2 Å². The monoisotopic (exact) mass is 352 g/mol. The van der Waals surface area contributed by atoms with E-state index in [1.807, 2.05) is 0 Å². The van der Waals surface area contributed by atoms with Gasteiger partial charge in [-0.05, 0) is 84.7 Å².